The number of halogens is 3. The molecule has 0 rings (SSSR count). The molecule has 0 nitrogen and oxygen atoms in total. The summed E-state index contributed by atoms with van der Waals surface area (Å²) in [6, 6.07) is 0. The Balaban J connectivity index is 0. The van der Waals surface area contributed by atoms with E-state index in [0.29, 0.717) is 0 Å². The third-order valence-corrected chi connectivity index (χ3v) is 0. The van der Waals surface area contributed by atoms with E-state index in [4.69, 9.17) is 0 Å². The smallest absolute Gasteiger partial charge is 1.00 e. The molecule has 0 saturated heterocycles. The van der Waals surface area contributed by atoms with E-state index in [9.17, 15) is 0 Å². The molecule has 0 aliphatic heterocycles. The molecule has 0 amide bonds. The van der Waals surface area contributed by atoms with Crippen LogP contribution in [0.4, 0.5) is 0 Å². The summed E-state index contributed by atoms with van der Waals surface area (Å²) in [7, 11) is 0. The summed E-state index contributed by atoms with van der Waals surface area (Å²) in [5.41, 5.74) is 0. The summed E-state index contributed by atoms with van der Waals surface area (Å²) in [6.45, 7) is 0. The molecule has 0 unspecified atom stereocenters. The second-order valence-electron chi connectivity index (χ2n) is 0. The van der Waals surface area contributed by atoms with Crippen LogP contribution in [0.3, 0.4) is 0 Å². The predicted octanol–water partition coefficient (Wildman–Crippen LogP) is -8.99. The maximum Gasteiger partial charge on any atom is 1.00 e. The Labute approximate surface area is 75.0 Å². The first-order chi connectivity index (χ1) is 0. The standard InChI is InChI=1S/2BrH.Cl.Na/h2*1H;;/q;;2*+1/p-2. The van der Waals surface area contributed by atoms with Crippen LogP contribution < -0.4 is 63.5 Å². The van der Waals surface area contributed by atoms with Crippen molar-refractivity contribution in [2.45, 2.75) is 0 Å². The Kier molecular flexibility index (Phi) is 159. The molecule has 4 heteroatoms. The van der Waals surface area contributed by atoms with Gasteiger partial charge >= 0.3 is 42.0 Å². The minimum atomic E-state index is 0. The summed E-state index contributed by atoms with van der Waals surface area (Å²) < 4.78 is 0. The largest absolute Gasteiger partial charge is 1.00 e. The second-order valence-corrected chi connectivity index (χ2v) is 0. The zero-order valence-corrected chi connectivity index (χ0v) is 8.06. The van der Waals surface area contributed by atoms with Crippen LogP contribution in [0.1, 0.15) is 0 Å². The summed E-state index contributed by atoms with van der Waals surface area (Å²) in [5, 5.41) is 0. The van der Waals surface area contributed by atoms with Crippen molar-refractivity contribution in [3.05, 3.63) is 0 Å². The fraction of sp³-hybridized carbons (Fsp3) is 0. The summed E-state index contributed by atoms with van der Waals surface area (Å²) in [4.78, 5) is 0. The molecule has 0 spiro atoms. The van der Waals surface area contributed by atoms with Gasteiger partial charge in [0.1, 0.15) is 0 Å². The van der Waals surface area contributed by atoms with Crippen LogP contribution in [-0.4, -0.2) is 0 Å². The quantitative estimate of drug-likeness (QED) is 0.354. The van der Waals surface area contributed by atoms with Crippen molar-refractivity contribution in [2.24, 2.45) is 0 Å². The average molecular weight is 218 g/mol. The van der Waals surface area contributed by atoms with E-state index in [-0.39, 0.29) is 75.9 Å². The molecule has 0 aromatic heterocycles. The van der Waals surface area contributed by atoms with E-state index in [0.717, 1.165) is 0 Å². The number of rotatable bonds is 0. The van der Waals surface area contributed by atoms with E-state index < -0.39 is 0 Å². The summed E-state index contributed by atoms with van der Waals surface area (Å²) in [5.74, 6) is 0. The van der Waals surface area contributed by atoms with Gasteiger partial charge in [0.25, 0.3) is 0 Å². The zero-order chi connectivity index (χ0) is 0. The SMILES string of the molecule is [Br-].[Br-].[Cl+].[Na+]. The predicted molar refractivity (Wildman–Crippen MR) is 0 cm³/mol. The van der Waals surface area contributed by atoms with Gasteiger partial charge < -0.3 is 34.0 Å². The van der Waals surface area contributed by atoms with Gasteiger partial charge in [-0.1, -0.05) is 0 Å². The van der Waals surface area contributed by atoms with Crippen molar-refractivity contribution in [1.82, 2.24) is 0 Å². The van der Waals surface area contributed by atoms with Gasteiger partial charge in [-0.05, 0) is 0 Å². The van der Waals surface area contributed by atoms with Gasteiger partial charge in [-0.15, -0.1) is 0 Å². The monoisotopic (exact) mass is 216 g/mol. The van der Waals surface area contributed by atoms with Crippen molar-refractivity contribution in [3.8, 4) is 0 Å². The van der Waals surface area contributed by atoms with Crippen LogP contribution in [0.15, 0.2) is 0 Å². The number of hydrogen-bond donors (Lipinski definition) is 0. The molecule has 2 radical (unpaired) electrons. The third kappa shape index (κ3) is 8.87. The van der Waals surface area contributed by atoms with Gasteiger partial charge in [-0.25, -0.2) is 0 Å². The Morgan fingerprint density at radius 3 is 0.750 bits per heavy atom. The molecular formula is Br2ClNa. The maximum absolute atomic E-state index is 0. The van der Waals surface area contributed by atoms with Gasteiger partial charge in [-0.3, -0.25) is 0 Å². The molecule has 0 aromatic rings. The Morgan fingerprint density at radius 1 is 0.750 bits per heavy atom. The average Bonchev–Trinajstić information content (AvgIpc) is 0. The normalized spacial score (nSPS) is 0. The Morgan fingerprint density at radius 2 is 0.750 bits per heavy atom. The van der Waals surface area contributed by atoms with Crippen LogP contribution >= 0.6 is 0 Å². The van der Waals surface area contributed by atoms with E-state index in [2.05, 4.69) is 0 Å². The maximum atomic E-state index is 0. The molecule has 0 atom stereocenters. The first-order valence-corrected chi connectivity index (χ1v) is 0. The topological polar surface area (TPSA) is 0 Å². The fourth-order valence-electron chi connectivity index (χ4n) is 0. The molecular weight excluding hydrogens is 218 g/mol. The van der Waals surface area contributed by atoms with Crippen molar-refractivity contribution < 1.29 is 75.9 Å². The molecule has 0 bridgehead atoms. The molecule has 22 valence electrons. The zero-order valence-electron chi connectivity index (χ0n) is 2.13. The molecule has 0 aromatic carbocycles. The minimum Gasteiger partial charge on any atom is -1.00 e. The molecule has 4 heavy (non-hydrogen) atoms. The summed E-state index contributed by atoms with van der Waals surface area (Å²) >= 11 is 0. The van der Waals surface area contributed by atoms with Crippen molar-refractivity contribution in [1.29, 1.82) is 0 Å². The van der Waals surface area contributed by atoms with Crippen LogP contribution in [0.2, 0.25) is 0 Å². The van der Waals surface area contributed by atoms with Crippen molar-refractivity contribution in [2.75, 3.05) is 0 Å². The van der Waals surface area contributed by atoms with E-state index >= 15 is 0 Å². The number of hydrogen-bond acceptors (Lipinski definition) is 0. The Hall–Kier alpha value is 2.25. The van der Waals surface area contributed by atoms with Crippen LogP contribution in [0, 0.1) is 12.4 Å². The Bertz CT molecular complexity index is 6.00. The van der Waals surface area contributed by atoms with Crippen LogP contribution in [0.5, 0.6) is 0 Å². The van der Waals surface area contributed by atoms with Gasteiger partial charge in [0.15, 0.2) is 0 Å². The second kappa shape index (κ2) is 18.7. The van der Waals surface area contributed by atoms with E-state index in [1.165, 1.54) is 0 Å². The third-order valence-electron chi connectivity index (χ3n) is 0. The molecule has 0 saturated carbocycles. The van der Waals surface area contributed by atoms with Crippen molar-refractivity contribution >= 4 is 0 Å². The first kappa shape index (κ1) is 34.0. The van der Waals surface area contributed by atoms with Crippen LogP contribution in [0.25, 0.3) is 0 Å². The van der Waals surface area contributed by atoms with Gasteiger partial charge in [0.05, 0.1) is 0 Å². The van der Waals surface area contributed by atoms with E-state index in [1.807, 2.05) is 0 Å². The van der Waals surface area contributed by atoms with Crippen LogP contribution in [-0.2, 0) is 0 Å². The minimum absolute atomic E-state index is 0. The summed E-state index contributed by atoms with van der Waals surface area (Å²) in [6.07, 6.45) is 0. The molecule has 0 heterocycles. The van der Waals surface area contributed by atoms with E-state index in [1.54, 1.807) is 0 Å². The fourth-order valence-corrected chi connectivity index (χ4v) is 0. The van der Waals surface area contributed by atoms with Crippen molar-refractivity contribution in [3.63, 3.8) is 0 Å². The molecule has 0 aliphatic rings. The van der Waals surface area contributed by atoms with Gasteiger partial charge in [0.2, 0.25) is 0 Å². The van der Waals surface area contributed by atoms with Gasteiger partial charge in [0, 0.05) is 0 Å². The molecule has 0 aliphatic carbocycles. The molecule has 0 fully saturated rings. The first-order valence-electron chi connectivity index (χ1n) is 0. The molecule has 0 N–H and O–H groups in total. The van der Waals surface area contributed by atoms with Gasteiger partial charge in [-0.2, -0.15) is 0 Å².